The van der Waals surface area contributed by atoms with Gasteiger partial charge in [0.25, 0.3) is 0 Å². The predicted octanol–water partition coefficient (Wildman–Crippen LogP) is 4.22. The lowest BCUT2D eigenvalue weighted by atomic mass is 9.86. The molecule has 1 fully saturated rings. The molecule has 3 N–H and O–H groups in total. The summed E-state index contributed by atoms with van der Waals surface area (Å²) in [4.78, 5) is 5.41. The fourth-order valence-corrected chi connectivity index (χ4v) is 4.66. The van der Waals surface area contributed by atoms with Crippen LogP contribution in [-0.4, -0.2) is 16.2 Å². The van der Waals surface area contributed by atoms with Gasteiger partial charge in [-0.3, -0.25) is 0 Å². The fourth-order valence-electron chi connectivity index (χ4n) is 3.06. The van der Waals surface area contributed by atoms with Crippen molar-refractivity contribution >= 4 is 34.9 Å². The van der Waals surface area contributed by atoms with Crippen LogP contribution in [0, 0.1) is 0 Å². The smallest absolute Gasteiger partial charge is 0.175 e. The molecule has 2 aliphatic rings. The second kappa shape index (κ2) is 5.55. The van der Waals surface area contributed by atoms with Crippen molar-refractivity contribution in [1.82, 2.24) is 0 Å². The Morgan fingerprint density at radius 1 is 1.17 bits per heavy atom. The number of aliphatic hydroxyl groups is 1. The zero-order valence-corrected chi connectivity index (χ0v) is 14.1. The monoisotopic (exact) mass is 344 g/mol. The maximum atomic E-state index is 11.5. The highest BCUT2D eigenvalue weighted by Crippen LogP contribution is 2.47. The average molecular weight is 345 g/mol. The highest BCUT2D eigenvalue weighted by molar-refractivity contribution is 8.00. The van der Waals surface area contributed by atoms with Gasteiger partial charge in [-0.1, -0.05) is 36.2 Å². The van der Waals surface area contributed by atoms with Crippen molar-refractivity contribution in [2.45, 2.75) is 35.0 Å². The Labute approximate surface area is 144 Å². The topological polar surface area (TPSA) is 58.6 Å². The van der Waals surface area contributed by atoms with Crippen molar-refractivity contribution < 1.29 is 5.11 Å². The number of benzene rings is 2. The zero-order valence-electron chi connectivity index (χ0n) is 12.5. The summed E-state index contributed by atoms with van der Waals surface area (Å²) >= 11 is 7.95. The lowest BCUT2D eigenvalue weighted by molar-refractivity contribution is 0.155. The van der Waals surface area contributed by atoms with Crippen LogP contribution in [-0.2, 0) is 5.60 Å². The van der Waals surface area contributed by atoms with Crippen LogP contribution in [0.2, 0.25) is 5.02 Å². The second-order valence-electron chi connectivity index (χ2n) is 6.04. The lowest BCUT2D eigenvalue weighted by Crippen LogP contribution is -2.40. The molecule has 0 radical (unpaired) electrons. The van der Waals surface area contributed by atoms with E-state index in [9.17, 15) is 5.11 Å². The van der Waals surface area contributed by atoms with E-state index < -0.39 is 5.60 Å². The molecule has 1 heterocycles. The van der Waals surface area contributed by atoms with Gasteiger partial charge in [-0.25, -0.2) is 4.99 Å². The molecule has 0 bridgehead atoms. The van der Waals surface area contributed by atoms with Gasteiger partial charge in [-0.05, 0) is 37.1 Å². The van der Waals surface area contributed by atoms with Gasteiger partial charge in [0.15, 0.2) is 5.60 Å². The first-order valence-corrected chi connectivity index (χ1v) is 8.98. The molecule has 1 saturated carbocycles. The quantitative estimate of drug-likeness (QED) is 0.876. The molecule has 0 spiro atoms. The minimum atomic E-state index is -1.41. The van der Waals surface area contributed by atoms with E-state index in [4.69, 9.17) is 17.3 Å². The maximum absolute atomic E-state index is 11.5. The molecular weight excluding hydrogens is 328 g/mol. The molecule has 2 aromatic carbocycles. The van der Waals surface area contributed by atoms with E-state index in [0.29, 0.717) is 21.5 Å². The summed E-state index contributed by atoms with van der Waals surface area (Å²) in [5.41, 5.74) is 6.86. The molecule has 118 valence electrons. The van der Waals surface area contributed by atoms with Gasteiger partial charge in [0, 0.05) is 26.3 Å². The van der Waals surface area contributed by atoms with Crippen molar-refractivity contribution in [3.63, 3.8) is 0 Å². The van der Waals surface area contributed by atoms with Gasteiger partial charge in [0.05, 0.1) is 5.69 Å². The predicted molar refractivity (Wildman–Crippen MR) is 95.7 cm³/mol. The molecule has 1 aliphatic heterocycles. The van der Waals surface area contributed by atoms with Crippen LogP contribution in [0.3, 0.4) is 0 Å². The molecule has 5 heteroatoms. The third-order valence-electron chi connectivity index (χ3n) is 4.58. The number of halogens is 1. The Balaban J connectivity index is 1.84. The number of thioether (sulfide) groups is 1. The first-order valence-electron chi connectivity index (χ1n) is 7.72. The van der Waals surface area contributed by atoms with Crippen molar-refractivity contribution in [3.8, 4) is 0 Å². The molecule has 0 saturated heterocycles. The van der Waals surface area contributed by atoms with Crippen LogP contribution in [0.15, 0.2) is 52.4 Å². The van der Waals surface area contributed by atoms with Gasteiger partial charge >= 0.3 is 0 Å². The van der Waals surface area contributed by atoms with Crippen LogP contribution in [0.1, 0.15) is 30.4 Å². The van der Waals surface area contributed by atoms with E-state index in [-0.39, 0.29) is 5.84 Å². The van der Waals surface area contributed by atoms with Gasteiger partial charge in [0.1, 0.15) is 5.84 Å². The molecule has 23 heavy (non-hydrogen) atoms. The minimum absolute atomic E-state index is 0.205. The van der Waals surface area contributed by atoms with Crippen LogP contribution in [0.25, 0.3) is 0 Å². The molecular formula is C18H17ClN2OS. The Bertz CT molecular complexity index is 803. The normalized spacial score (nSPS) is 23.3. The van der Waals surface area contributed by atoms with Gasteiger partial charge in [-0.15, -0.1) is 11.8 Å². The largest absolute Gasteiger partial charge is 0.384 e. The average Bonchev–Trinajstić information content (AvgIpc) is 2.76. The Morgan fingerprint density at radius 2 is 1.96 bits per heavy atom. The summed E-state index contributed by atoms with van der Waals surface area (Å²) in [5.74, 6) is 0.205. The third-order valence-corrected chi connectivity index (χ3v) is 6.23. The van der Waals surface area contributed by atoms with Crippen molar-refractivity contribution in [3.05, 3.63) is 58.6 Å². The number of nitrogens with zero attached hydrogens (tertiary/aromatic N) is 1. The molecule has 1 unspecified atom stereocenters. The van der Waals surface area contributed by atoms with Crippen molar-refractivity contribution in [1.29, 1.82) is 0 Å². The third kappa shape index (κ3) is 2.36. The summed E-state index contributed by atoms with van der Waals surface area (Å²) < 4.78 is 0. The maximum Gasteiger partial charge on any atom is 0.175 e. The summed E-state index contributed by atoms with van der Waals surface area (Å²) in [7, 11) is 0. The van der Waals surface area contributed by atoms with Crippen LogP contribution in [0.4, 0.5) is 5.69 Å². The number of rotatable bonds is 3. The van der Waals surface area contributed by atoms with E-state index in [1.165, 1.54) is 19.3 Å². The van der Waals surface area contributed by atoms with Crippen molar-refractivity contribution in [2.24, 2.45) is 10.7 Å². The molecule has 0 amide bonds. The van der Waals surface area contributed by atoms with Crippen molar-refractivity contribution in [2.75, 3.05) is 0 Å². The zero-order chi connectivity index (χ0) is 16.0. The number of hydrogen-bond acceptors (Lipinski definition) is 4. The molecule has 1 aliphatic carbocycles. The van der Waals surface area contributed by atoms with Crippen LogP contribution < -0.4 is 5.73 Å². The van der Waals surface area contributed by atoms with E-state index in [2.05, 4.69) is 4.99 Å². The highest BCUT2D eigenvalue weighted by atomic mass is 35.5. The molecule has 1 atom stereocenters. The molecule has 3 nitrogen and oxygen atoms in total. The van der Waals surface area contributed by atoms with E-state index >= 15 is 0 Å². The lowest BCUT2D eigenvalue weighted by Gasteiger charge is -2.30. The van der Waals surface area contributed by atoms with E-state index in [1.807, 2.05) is 36.0 Å². The Morgan fingerprint density at radius 3 is 2.70 bits per heavy atom. The molecule has 0 aromatic heterocycles. The number of nitrogens with two attached hydrogens (primary N) is 1. The minimum Gasteiger partial charge on any atom is -0.384 e. The van der Waals surface area contributed by atoms with Gasteiger partial charge in [0.2, 0.25) is 0 Å². The fraction of sp³-hybridized carbons (Fsp3) is 0.278. The van der Waals surface area contributed by atoms with E-state index in [1.54, 1.807) is 18.2 Å². The molecule has 2 aromatic rings. The number of aliphatic imine (C=N–C) groups is 1. The first-order chi connectivity index (χ1) is 11.1. The number of hydrogen-bond donors (Lipinski definition) is 2. The number of amidine groups is 1. The van der Waals surface area contributed by atoms with Crippen LogP contribution in [0.5, 0.6) is 0 Å². The summed E-state index contributed by atoms with van der Waals surface area (Å²) in [5, 5.41) is 12.7. The summed E-state index contributed by atoms with van der Waals surface area (Å²) in [6, 6.07) is 13.2. The number of fused-ring (bicyclic) bond motifs is 1. The van der Waals surface area contributed by atoms with Crippen LogP contribution >= 0.6 is 23.4 Å². The van der Waals surface area contributed by atoms with Gasteiger partial charge < -0.3 is 10.8 Å². The summed E-state index contributed by atoms with van der Waals surface area (Å²) in [6.07, 6.45) is 3.74. The summed E-state index contributed by atoms with van der Waals surface area (Å²) in [6.45, 7) is 0. The molecule has 4 rings (SSSR count). The standard InChI is InChI=1S/C18H17ClN2OS/c19-11-8-9-15-14(10-11)18(22,17(20)21-15)13-6-1-2-7-16(13)23-12-4-3-5-12/h1-2,6-10,12,22H,3-5H2,(H2,20,21). The SMILES string of the molecule is NC1=Nc2ccc(Cl)cc2C1(O)c1ccccc1SC1CCC1. The second-order valence-corrected chi connectivity index (χ2v) is 7.81. The Kier molecular flexibility index (Phi) is 3.63. The first kappa shape index (κ1) is 15.1. The Hall–Kier alpha value is -1.49. The highest BCUT2D eigenvalue weighted by Gasteiger charge is 2.44. The van der Waals surface area contributed by atoms with E-state index in [0.717, 1.165) is 10.5 Å². The van der Waals surface area contributed by atoms with Gasteiger partial charge in [-0.2, -0.15) is 0 Å².